The Hall–Kier alpha value is -0.380. The molecule has 0 aromatic heterocycles. The Morgan fingerprint density at radius 2 is 2.00 bits per heavy atom. The third-order valence-corrected chi connectivity index (χ3v) is 2.98. The minimum Gasteiger partial charge on any atom is -0.298 e. The van der Waals surface area contributed by atoms with Crippen LogP contribution >= 0.6 is 39.1 Å². The highest BCUT2D eigenvalue weighted by Crippen LogP contribution is 2.23. The molecular formula is C10H7BrCl2O2. The molecule has 0 fully saturated rings. The Balaban J connectivity index is 3.11. The van der Waals surface area contributed by atoms with Gasteiger partial charge in [0, 0.05) is 10.9 Å². The number of Topliss-reactive ketones (excluding diaryl/α,β-unsaturated/α-hetero) is 1. The molecule has 1 aromatic rings. The van der Waals surface area contributed by atoms with E-state index < -0.39 is 5.24 Å². The molecular weight excluding hydrogens is 303 g/mol. The van der Waals surface area contributed by atoms with Crippen LogP contribution < -0.4 is 0 Å². The van der Waals surface area contributed by atoms with Crippen LogP contribution in [0, 0.1) is 0 Å². The second-order valence-electron chi connectivity index (χ2n) is 2.90. The zero-order chi connectivity index (χ0) is 11.4. The van der Waals surface area contributed by atoms with E-state index in [1.807, 2.05) is 0 Å². The SMILES string of the molecule is O=C(CCl)Cc1cccc(Br)c1C(=O)Cl. The van der Waals surface area contributed by atoms with Crippen LogP contribution in [0.25, 0.3) is 0 Å². The number of benzene rings is 1. The highest BCUT2D eigenvalue weighted by molar-refractivity contribution is 9.10. The molecule has 5 heteroatoms. The zero-order valence-electron chi connectivity index (χ0n) is 7.60. The molecule has 1 rings (SSSR count). The van der Waals surface area contributed by atoms with Crippen molar-refractivity contribution < 1.29 is 9.59 Å². The molecule has 0 atom stereocenters. The molecule has 0 aliphatic carbocycles. The molecule has 0 aliphatic heterocycles. The summed E-state index contributed by atoms with van der Waals surface area (Å²) in [5, 5.41) is -0.583. The van der Waals surface area contributed by atoms with Crippen molar-refractivity contribution in [2.45, 2.75) is 6.42 Å². The van der Waals surface area contributed by atoms with Gasteiger partial charge in [0.25, 0.3) is 5.24 Å². The van der Waals surface area contributed by atoms with Crippen LogP contribution in [0.4, 0.5) is 0 Å². The first-order valence-electron chi connectivity index (χ1n) is 4.11. The van der Waals surface area contributed by atoms with Gasteiger partial charge in [-0.15, -0.1) is 11.6 Å². The Bertz CT molecular complexity index is 404. The van der Waals surface area contributed by atoms with Gasteiger partial charge in [0.05, 0.1) is 11.4 Å². The number of alkyl halides is 1. The maximum absolute atomic E-state index is 11.2. The van der Waals surface area contributed by atoms with Gasteiger partial charge in [0.15, 0.2) is 5.78 Å². The van der Waals surface area contributed by atoms with Gasteiger partial charge in [-0.2, -0.15) is 0 Å². The molecule has 1 aromatic carbocycles. The van der Waals surface area contributed by atoms with Crippen LogP contribution in [0.15, 0.2) is 22.7 Å². The van der Waals surface area contributed by atoms with Gasteiger partial charge in [0.1, 0.15) is 0 Å². The first-order valence-corrected chi connectivity index (χ1v) is 5.81. The Kier molecular flexibility index (Phi) is 4.77. The molecule has 0 bridgehead atoms. The average molecular weight is 310 g/mol. The van der Waals surface area contributed by atoms with Crippen LogP contribution in [-0.2, 0) is 11.2 Å². The van der Waals surface area contributed by atoms with Gasteiger partial charge >= 0.3 is 0 Å². The predicted molar refractivity (Wildman–Crippen MR) is 63.8 cm³/mol. The Labute approximate surface area is 106 Å². The summed E-state index contributed by atoms with van der Waals surface area (Å²) in [6.07, 6.45) is 0.122. The van der Waals surface area contributed by atoms with E-state index >= 15 is 0 Å². The largest absolute Gasteiger partial charge is 0.298 e. The highest BCUT2D eigenvalue weighted by Gasteiger charge is 2.14. The Morgan fingerprint density at radius 1 is 1.33 bits per heavy atom. The van der Waals surface area contributed by atoms with E-state index in [-0.39, 0.29) is 18.1 Å². The minimum atomic E-state index is -0.583. The van der Waals surface area contributed by atoms with Gasteiger partial charge in [-0.25, -0.2) is 0 Å². The van der Waals surface area contributed by atoms with Crippen molar-refractivity contribution in [3.05, 3.63) is 33.8 Å². The van der Waals surface area contributed by atoms with Gasteiger partial charge < -0.3 is 0 Å². The standard InChI is InChI=1S/C10H7BrCl2O2/c11-8-3-1-2-6(4-7(14)5-12)9(8)10(13)15/h1-3H,4-5H2. The molecule has 15 heavy (non-hydrogen) atoms. The molecule has 0 amide bonds. The van der Waals surface area contributed by atoms with Crippen LogP contribution in [0.5, 0.6) is 0 Å². The number of carbonyl (C=O) groups is 2. The van der Waals surface area contributed by atoms with Crippen molar-refractivity contribution in [2.24, 2.45) is 0 Å². The lowest BCUT2D eigenvalue weighted by Crippen LogP contribution is -2.08. The molecule has 0 aliphatic rings. The van der Waals surface area contributed by atoms with Gasteiger partial charge in [0.2, 0.25) is 0 Å². The first-order chi connectivity index (χ1) is 7.06. The van der Waals surface area contributed by atoms with Crippen molar-refractivity contribution >= 4 is 50.2 Å². The fourth-order valence-electron chi connectivity index (χ4n) is 1.20. The fourth-order valence-corrected chi connectivity index (χ4v) is 2.22. The lowest BCUT2D eigenvalue weighted by Gasteiger charge is -2.06. The predicted octanol–water partition coefficient (Wildman–Crippen LogP) is 3.18. The van der Waals surface area contributed by atoms with Crippen molar-refractivity contribution in [2.75, 3.05) is 5.88 Å². The van der Waals surface area contributed by atoms with E-state index in [1.165, 1.54) is 0 Å². The second kappa shape index (κ2) is 5.64. The summed E-state index contributed by atoms with van der Waals surface area (Å²) in [6.45, 7) is 0. The molecule has 0 unspecified atom stereocenters. The number of rotatable bonds is 4. The number of ketones is 1. The molecule has 0 saturated carbocycles. The molecule has 0 N–H and O–H groups in total. The van der Waals surface area contributed by atoms with E-state index in [0.29, 0.717) is 15.6 Å². The van der Waals surface area contributed by atoms with Crippen LogP contribution in [0.1, 0.15) is 15.9 Å². The number of hydrogen-bond donors (Lipinski definition) is 0. The van der Waals surface area contributed by atoms with E-state index in [4.69, 9.17) is 23.2 Å². The van der Waals surface area contributed by atoms with Crippen molar-refractivity contribution in [1.29, 1.82) is 0 Å². The third-order valence-electron chi connectivity index (χ3n) is 1.83. The maximum atomic E-state index is 11.2. The van der Waals surface area contributed by atoms with Crippen LogP contribution in [0.2, 0.25) is 0 Å². The lowest BCUT2D eigenvalue weighted by molar-refractivity contribution is -0.116. The molecule has 0 radical (unpaired) electrons. The normalized spacial score (nSPS) is 10.1. The summed E-state index contributed by atoms with van der Waals surface area (Å²) in [7, 11) is 0. The zero-order valence-corrected chi connectivity index (χ0v) is 10.7. The quantitative estimate of drug-likeness (QED) is 0.632. The van der Waals surface area contributed by atoms with Crippen molar-refractivity contribution in [3.63, 3.8) is 0 Å². The topological polar surface area (TPSA) is 34.1 Å². The summed E-state index contributed by atoms with van der Waals surface area (Å²) < 4.78 is 0.586. The summed E-state index contributed by atoms with van der Waals surface area (Å²) in [6, 6.07) is 5.12. The summed E-state index contributed by atoms with van der Waals surface area (Å²) >= 11 is 14.0. The van der Waals surface area contributed by atoms with E-state index in [1.54, 1.807) is 18.2 Å². The Morgan fingerprint density at radius 3 is 2.53 bits per heavy atom. The van der Waals surface area contributed by atoms with Gasteiger partial charge in [-0.1, -0.05) is 12.1 Å². The number of carbonyl (C=O) groups excluding carboxylic acids is 2. The van der Waals surface area contributed by atoms with Gasteiger partial charge in [-0.3, -0.25) is 9.59 Å². The lowest BCUT2D eigenvalue weighted by atomic mass is 10.0. The number of halogens is 3. The molecule has 80 valence electrons. The average Bonchev–Trinajstić information content (AvgIpc) is 2.17. The molecule has 2 nitrogen and oxygen atoms in total. The summed E-state index contributed by atoms with van der Waals surface area (Å²) in [5.41, 5.74) is 0.924. The summed E-state index contributed by atoms with van der Waals surface area (Å²) in [4.78, 5) is 22.3. The van der Waals surface area contributed by atoms with Crippen molar-refractivity contribution in [3.8, 4) is 0 Å². The van der Waals surface area contributed by atoms with Crippen LogP contribution in [-0.4, -0.2) is 16.9 Å². The first kappa shape index (κ1) is 12.7. The number of hydrogen-bond acceptors (Lipinski definition) is 2. The fraction of sp³-hybridized carbons (Fsp3) is 0.200. The molecule has 0 saturated heterocycles. The molecule has 0 spiro atoms. The van der Waals surface area contributed by atoms with E-state index in [9.17, 15) is 9.59 Å². The van der Waals surface area contributed by atoms with Crippen LogP contribution in [0.3, 0.4) is 0 Å². The maximum Gasteiger partial charge on any atom is 0.253 e. The minimum absolute atomic E-state index is 0.0670. The van der Waals surface area contributed by atoms with Crippen molar-refractivity contribution in [1.82, 2.24) is 0 Å². The third kappa shape index (κ3) is 3.30. The smallest absolute Gasteiger partial charge is 0.253 e. The molecule has 0 heterocycles. The summed E-state index contributed by atoms with van der Waals surface area (Å²) in [5.74, 6) is -0.212. The highest BCUT2D eigenvalue weighted by atomic mass is 79.9. The van der Waals surface area contributed by atoms with E-state index in [2.05, 4.69) is 15.9 Å². The second-order valence-corrected chi connectivity index (χ2v) is 4.36. The monoisotopic (exact) mass is 308 g/mol. The van der Waals surface area contributed by atoms with Gasteiger partial charge in [-0.05, 0) is 39.2 Å². The van der Waals surface area contributed by atoms with E-state index in [0.717, 1.165) is 0 Å².